The Labute approximate surface area is 191 Å². The molecule has 2 atom stereocenters. The molecule has 1 aliphatic rings. The van der Waals surface area contributed by atoms with Crippen LogP contribution in [0.4, 0.5) is 0 Å². The van der Waals surface area contributed by atoms with Crippen LogP contribution in [0.2, 0.25) is 0 Å². The SMILES string of the molecule is Cc1ccc(CN2C[C@H](CN(C(=O)c3ccccc3)C(C)C)[C@H](c3ccccc3C)C2)o1. The lowest BCUT2D eigenvalue weighted by atomic mass is 9.86. The fraction of sp³-hybridized carbons (Fsp3) is 0.393. The number of rotatable bonds is 7. The maximum absolute atomic E-state index is 13.4. The third kappa shape index (κ3) is 4.97. The van der Waals surface area contributed by atoms with E-state index in [0.717, 1.165) is 43.3 Å². The maximum atomic E-state index is 13.4. The number of likely N-dealkylation sites (tertiary alicyclic amines) is 1. The largest absolute Gasteiger partial charge is 0.465 e. The molecule has 0 N–H and O–H groups in total. The van der Waals surface area contributed by atoms with Crippen LogP contribution in [-0.4, -0.2) is 41.4 Å². The van der Waals surface area contributed by atoms with Crippen molar-refractivity contribution in [3.63, 3.8) is 0 Å². The summed E-state index contributed by atoms with van der Waals surface area (Å²) < 4.78 is 5.85. The highest BCUT2D eigenvalue weighted by Gasteiger charge is 2.37. The number of benzene rings is 2. The third-order valence-corrected chi connectivity index (χ3v) is 6.62. The van der Waals surface area contributed by atoms with Crippen LogP contribution in [0.5, 0.6) is 0 Å². The molecule has 4 heteroatoms. The van der Waals surface area contributed by atoms with Crippen LogP contribution >= 0.6 is 0 Å². The highest BCUT2D eigenvalue weighted by atomic mass is 16.3. The van der Waals surface area contributed by atoms with Crippen LogP contribution in [0.25, 0.3) is 0 Å². The predicted octanol–water partition coefficient (Wildman–Crippen LogP) is 5.66. The van der Waals surface area contributed by atoms with Gasteiger partial charge in [0, 0.05) is 37.2 Å². The summed E-state index contributed by atoms with van der Waals surface area (Å²) in [5, 5.41) is 0. The van der Waals surface area contributed by atoms with Gasteiger partial charge in [-0.05, 0) is 69.0 Å². The third-order valence-electron chi connectivity index (χ3n) is 6.62. The number of amides is 1. The second-order valence-corrected chi connectivity index (χ2v) is 9.35. The van der Waals surface area contributed by atoms with E-state index in [-0.39, 0.29) is 11.9 Å². The minimum Gasteiger partial charge on any atom is -0.465 e. The Balaban J connectivity index is 1.59. The van der Waals surface area contributed by atoms with Crippen LogP contribution in [-0.2, 0) is 6.54 Å². The second kappa shape index (κ2) is 9.74. The lowest BCUT2D eigenvalue weighted by Crippen LogP contribution is -2.42. The standard InChI is InChI=1S/C28H34N2O2/c1-20(2)30(28(31)23-11-6-5-7-12-23)17-24-16-29(18-25-15-14-22(4)32-25)19-27(24)26-13-9-8-10-21(26)3/h5-15,20,24,27H,16-19H2,1-4H3/t24-,27-/m1/s1. The Hall–Kier alpha value is -2.85. The summed E-state index contributed by atoms with van der Waals surface area (Å²) in [6.45, 7) is 11.9. The number of hydrogen-bond acceptors (Lipinski definition) is 3. The summed E-state index contributed by atoms with van der Waals surface area (Å²) in [5.74, 6) is 2.82. The first-order chi connectivity index (χ1) is 15.4. The minimum atomic E-state index is 0.115. The van der Waals surface area contributed by atoms with Gasteiger partial charge < -0.3 is 9.32 Å². The van der Waals surface area contributed by atoms with E-state index in [0.29, 0.717) is 11.8 Å². The molecule has 1 amide bonds. The van der Waals surface area contributed by atoms with Crippen LogP contribution in [0, 0.1) is 19.8 Å². The van der Waals surface area contributed by atoms with E-state index < -0.39 is 0 Å². The molecule has 2 heterocycles. The normalized spacial score (nSPS) is 18.9. The first-order valence-corrected chi connectivity index (χ1v) is 11.6. The van der Waals surface area contributed by atoms with Crippen molar-refractivity contribution in [3.8, 4) is 0 Å². The molecule has 3 aromatic rings. The summed E-state index contributed by atoms with van der Waals surface area (Å²) in [7, 11) is 0. The van der Waals surface area contributed by atoms with E-state index in [9.17, 15) is 4.79 Å². The second-order valence-electron chi connectivity index (χ2n) is 9.35. The zero-order chi connectivity index (χ0) is 22.7. The number of hydrogen-bond donors (Lipinski definition) is 0. The molecule has 1 fully saturated rings. The summed E-state index contributed by atoms with van der Waals surface area (Å²) in [6, 6.07) is 22.6. The van der Waals surface area contributed by atoms with Crippen molar-refractivity contribution < 1.29 is 9.21 Å². The van der Waals surface area contributed by atoms with Crippen LogP contribution < -0.4 is 0 Å². The van der Waals surface area contributed by atoms with Crippen molar-refractivity contribution in [1.82, 2.24) is 9.80 Å². The summed E-state index contributed by atoms with van der Waals surface area (Å²) in [5.41, 5.74) is 3.48. The fourth-order valence-corrected chi connectivity index (χ4v) is 4.95. The fourth-order valence-electron chi connectivity index (χ4n) is 4.95. The molecule has 0 bridgehead atoms. The number of aryl methyl sites for hydroxylation is 2. The average Bonchev–Trinajstić information content (AvgIpc) is 3.38. The molecule has 32 heavy (non-hydrogen) atoms. The number of carbonyl (C=O) groups is 1. The first kappa shape index (κ1) is 22.3. The molecule has 4 nitrogen and oxygen atoms in total. The van der Waals surface area contributed by atoms with E-state index in [2.05, 4.69) is 56.0 Å². The molecule has 1 aliphatic heterocycles. The predicted molar refractivity (Wildman–Crippen MR) is 129 cm³/mol. The zero-order valence-corrected chi connectivity index (χ0v) is 19.6. The number of carbonyl (C=O) groups excluding carboxylic acids is 1. The Morgan fingerprint density at radius 3 is 2.38 bits per heavy atom. The van der Waals surface area contributed by atoms with Crippen molar-refractivity contribution in [1.29, 1.82) is 0 Å². The molecule has 4 rings (SSSR count). The van der Waals surface area contributed by atoms with Gasteiger partial charge >= 0.3 is 0 Å². The first-order valence-electron chi connectivity index (χ1n) is 11.6. The lowest BCUT2D eigenvalue weighted by Gasteiger charge is -2.32. The highest BCUT2D eigenvalue weighted by molar-refractivity contribution is 5.94. The molecule has 168 valence electrons. The van der Waals surface area contributed by atoms with E-state index in [1.807, 2.05) is 48.2 Å². The number of furan rings is 1. The summed E-state index contributed by atoms with van der Waals surface area (Å²) in [4.78, 5) is 17.9. The quantitative estimate of drug-likeness (QED) is 0.485. The molecule has 0 radical (unpaired) electrons. The van der Waals surface area contributed by atoms with Gasteiger partial charge in [0.05, 0.1) is 6.54 Å². The van der Waals surface area contributed by atoms with Crippen LogP contribution in [0.3, 0.4) is 0 Å². The van der Waals surface area contributed by atoms with Gasteiger partial charge in [-0.25, -0.2) is 0 Å². The van der Waals surface area contributed by atoms with Gasteiger partial charge in [0.2, 0.25) is 0 Å². The average molecular weight is 431 g/mol. The van der Waals surface area contributed by atoms with Gasteiger partial charge in [0.25, 0.3) is 5.91 Å². The Bertz CT molecular complexity index is 1040. The molecule has 0 saturated carbocycles. The minimum absolute atomic E-state index is 0.115. The van der Waals surface area contributed by atoms with Gasteiger partial charge in [0.1, 0.15) is 11.5 Å². The van der Waals surface area contributed by atoms with Crippen molar-refractivity contribution in [3.05, 3.63) is 94.9 Å². The smallest absolute Gasteiger partial charge is 0.254 e. The van der Waals surface area contributed by atoms with Crippen molar-refractivity contribution >= 4 is 5.91 Å². The van der Waals surface area contributed by atoms with Crippen molar-refractivity contribution in [2.75, 3.05) is 19.6 Å². The molecule has 1 aromatic heterocycles. The van der Waals surface area contributed by atoms with Crippen molar-refractivity contribution in [2.24, 2.45) is 5.92 Å². The molecule has 0 aliphatic carbocycles. The Morgan fingerprint density at radius 1 is 1.00 bits per heavy atom. The van der Waals surface area contributed by atoms with Gasteiger partial charge in [-0.3, -0.25) is 9.69 Å². The molecule has 0 unspecified atom stereocenters. The van der Waals surface area contributed by atoms with Crippen LogP contribution in [0.15, 0.2) is 71.1 Å². The highest BCUT2D eigenvalue weighted by Crippen LogP contribution is 2.36. The summed E-state index contributed by atoms with van der Waals surface area (Å²) >= 11 is 0. The molecule has 2 aromatic carbocycles. The molecule has 1 saturated heterocycles. The van der Waals surface area contributed by atoms with E-state index in [4.69, 9.17) is 4.42 Å². The van der Waals surface area contributed by atoms with Gasteiger partial charge in [0.15, 0.2) is 0 Å². The Morgan fingerprint density at radius 2 is 1.72 bits per heavy atom. The maximum Gasteiger partial charge on any atom is 0.254 e. The van der Waals surface area contributed by atoms with E-state index >= 15 is 0 Å². The van der Waals surface area contributed by atoms with Crippen molar-refractivity contribution in [2.45, 2.75) is 46.2 Å². The summed E-state index contributed by atoms with van der Waals surface area (Å²) in [6.07, 6.45) is 0. The van der Waals surface area contributed by atoms with E-state index in [1.54, 1.807) is 0 Å². The molecular weight excluding hydrogens is 396 g/mol. The zero-order valence-electron chi connectivity index (χ0n) is 19.6. The van der Waals surface area contributed by atoms with Gasteiger partial charge in [-0.1, -0.05) is 42.5 Å². The monoisotopic (exact) mass is 430 g/mol. The Kier molecular flexibility index (Phi) is 6.80. The van der Waals surface area contributed by atoms with Gasteiger partial charge in [-0.2, -0.15) is 0 Å². The number of nitrogens with zero attached hydrogens (tertiary/aromatic N) is 2. The molecular formula is C28H34N2O2. The lowest BCUT2D eigenvalue weighted by molar-refractivity contribution is 0.0668. The van der Waals surface area contributed by atoms with Crippen LogP contribution in [0.1, 0.15) is 52.8 Å². The van der Waals surface area contributed by atoms with Gasteiger partial charge in [-0.15, -0.1) is 0 Å². The van der Waals surface area contributed by atoms with E-state index in [1.165, 1.54) is 11.1 Å². The topological polar surface area (TPSA) is 36.7 Å². The molecule has 0 spiro atoms.